The van der Waals surface area contributed by atoms with Crippen LogP contribution in [0.25, 0.3) is 0 Å². The predicted octanol–water partition coefficient (Wildman–Crippen LogP) is 0.353. The largest absolute Gasteiger partial charge is 0.376 e. The van der Waals surface area contributed by atoms with Crippen molar-refractivity contribution in [3.63, 3.8) is 0 Å². The van der Waals surface area contributed by atoms with E-state index in [-0.39, 0.29) is 0 Å². The summed E-state index contributed by atoms with van der Waals surface area (Å²) in [5.41, 5.74) is 5.05. The van der Waals surface area contributed by atoms with Crippen LogP contribution in [-0.4, -0.2) is 5.11 Å². The van der Waals surface area contributed by atoms with Crippen molar-refractivity contribution in [2.45, 2.75) is 6.92 Å². The summed E-state index contributed by atoms with van der Waals surface area (Å²) in [6, 6.07) is 0. The molecule has 0 aliphatic rings. The molecule has 0 aliphatic carbocycles. The quantitative estimate of drug-likeness (QED) is 0.485. The topological polar surface area (TPSA) is 38.0 Å². The minimum atomic E-state index is 0.304. The molecule has 0 fully saturated rings. The van der Waals surface area contributed by atoms with E-state index in [2.05, 4.69) is 17.5 Å². The summed E-state index contributed by atoms with van der Waals surface area (Å²) in [7, 11) is 0. The Balaban J connectivity index is 3.14. The average Bonchev–Trinajstić information content (AvgIpc) is 1.61. The van der Waals surface area contributed by atoms with Gasteiger partial charge in [0.25, 0.3) is 0 Å². The molecule has 0 atom stereocenters. The van der Waals surface area contributed by atoms with Gasteiger partial charge >= 0.3 is 0 Å². The summed E-state index contributed by atoms with van der Waals surface area (Å²) in [5, 5.41) is 2.93. The molecule has 7 heavy (non-hydrogen) atoms. The molecule has 3 heteroatoms. The Hall–Kier alpha value is -0.570. The Labute approximate surface area is 48.4 Å². The van der Waals surface area contributed by atoms with E-state index < -0.39 is 0 Å². The van der Waals surface area contributed by atoms with E-state index in [1.54, 1.807) is 6.20 Å². The SMILES string of the molecule is C/C=C\NC(N)=S. The summed E-state index contributed by atoms with van der Waals surface area (Å²) >= 11 is 4.48. The zero-order chi connectivity index (χ0) is 5.70. The Bertz CT molecular complexity index is 87.7. The summed E-state index contributed by atoms with van der Waals surface area (Å²) < 4.78 is 0. The van der Waals surface area contributed by atoms with Gasteiger partial charge in [0.1, 0.15) is 0 Å². The minimum Gasteiger partial charge on any atom is -0.376 e. The van der Waals surface area contributed by atoms with Gasteiger partial charge in [-0.15, -0.1) is 0 Å². The van der Waals surface area contributed by atoms with Crippen molar-refractivity contribution in [1.82, 2.24) is 5.32 Å². The van der Waals surface area contributed by atoms with E-state index in [4.69, 9.17) is 5.73 Å². The fraction of sp³-hybridized carbons (Fsp3) is 0.250. The fourth-order valence-corrected chi connectivity index (χ4v) is 0.234. The number of hydrogen-bond acceptors (Lipinski definition) is 1. The second kappa shape index (κ2) is 3.61. The van der Waals surface area contributed by atoms with Gasteiger partial charge in [-0.3, -0.25) is 0 Å². The lowest BCUT2D eigenvalue weighted by Crippen LogP contribution is -2.23. The highest BCUT2D eigenvalue weighted by atomic mass is 32.1. The molecular formula is C4H8N2S. The van der Waals surface area contributed by atoms with Gasteiger partial charge in [-0.25, -0.2) is 0 Å². The molecule has 0 unspecified atom stereocenters. The van der Waals surface area contributed by atoms with Crippen molar-refractivity contribution in [2.75, 3.05) is 0 Å². The highest BCUT2D eigenvalue weighted by Crippen LogP contribution is 1.60. The van der Waals surface area contributed by atoms with E-state index >= 15 is 0 Å². The normalized spacial score (nSPS) is 9.29. The highest BCUT2D eigenvalue weighted by molar-refractivity contribution is 7.80. The number of thiocarbonyl (C=S) groups is 1. The minimum absolute atomic E-state index is 0.304. The molecule has 0 aromatic heterocycles. The first-order valence-electron chi connectivity index (χ1n) is 1.94. The van der Waals surface area contributed by atoms with Crippen LogP contribution in [-0.2, 0) is 0 Å². The standard InChI is InChI=1S/C4H8N2S/c1-2-3-6-4(5)7/h2-3H,1H3,(H3,5,6,7)/b3-2-. The summed E-state index contributed by atoms with van der Waals surface area (Å²) in [6.45, 7) is 1.88. The first kappa shape index (κ1) is 6.43. The molecule has 0 heterocycles. The van der Waals surface area contributed by atoms with Crippen molar-refractivity contribution in [3.05, 3.63) is 12.3 Å². The molecule has 0 rings (SSSR count). The van der Waals surface area contributed by atoms with E-state index in [9.17, 15) is 0 Å². The molecule has 3 N–H and O–H groups in total. The van der Waals surface area contributed by atoms with Gasteiger partial charge in [0, 0.05) is 0 Å². The molecule has 0 saturated heterocycles. The molecule has 0 saturated carbocycles. The Morgan fingerprint density at radius 1 is 1.86 bits per heavy atom. The van der Waals surface area contributed by atoms with Crippen LogP contribution in [0, 0.1) is 0 Å². The maximum Gasteiger partial charge on any atom is 0.167 e. The van der Waals surface area contributed by atoms with Crippen LogP contribution in [0.5, 0.6) is 0 Å². The van der Waals surface area contributed by atoms with Crippen molar-refractivity contribution >= 4 is 17.3 Å². The molecular weight excluding hydrogens is 108 g/mol. The molecule has 0 aromatic rings. The third-order valence-electron chi connectivity index (χ3n) is 0.392. The molecule has 0 aromatic carbocycles. The number of rotatable bonds is 1. The third-order valence-corrected chi connectivity index (χ3v) is 0.510. The highest BCUT2D eigenvalue weighted by Gasteiger charge is 1.71. The van der Waals surface area contributed by atoms with Gasteiger partial charge in [-0.05, 0) is 25.3 Å². The monoisotopic (exact) mass is 116 g/mol. The number of nitrogens with two attached hydrogens (primary N) is 1. The first-order chi connectivity index (χ1) is 3.27. The van der Waals surface area contributed by atoms with Crippen molar-refractivity contribution in [2.24, 2.45) is 5.73 Å². The van der Waals surface area contributed by atoms with Crippen LogP contribution in [0.15, 0.2) is 12.3 Å². The maximum absolute atomic E-state index is 5.05. The number of hydrogen-bond donors (Lipinski definition) is 2. The van der Waals surface area contributed by atoms with E-state index in [1.807, 2.05) is 13.0 Å². The fourth-order valence-electron chi connectivity index (χ4n) is 0.165. The van der Waals surface area contributed by atoms with Crippen molar-refractivity contribution < 1.29 is 0 Å². The van der Waals surface area contributed by atoms with Gasteiger partial charge in [0.05, 0.1) is 0 Å². The summed E-state index contributed by atoms with van der Waals surface area (Å²) in [6.07, 6.45) is 3.50. The Morgan fingerprint density at radius 3 is 2.57 bits per heavy atom. The zero-order valence-electron chi connectivity index (χ0n) is 4.14. The molecule has 40 valence electrons. The van der Waals surface area contributed by atoms with Gasteiger partial charge in [-0.1, -0.05) is 6.08 Å². The lowest BCUT2D eigenvalue weighted by molar-refractivity contribution is 1.27. The van der Waals surface area contributed by atoms with Gasteiger partial charge in [0.2, 0.25) is 0 Å². The third kappa shape index (κ3) is 5.43. The lowest BCUT2D eigenvalue weighted by Gasteiger charge is -1.89. The van der Waals surface area contributed by atoms with E-state index in [0.717, 1.165) is 0 Å². The molecule has 2 nitrogen and oxygen atoms in total. The van der Waals surface area contributed by atoms with Gasteiger partial charge in [-0.2, -0.15) is 0 Å². The Kier molecular flexibility index (Phi) is 3.32. The van der Waals surface area contributed by atoms with Crippen molar-refractivity contribution in [3.8, 4) is 0 Å². The van der Waals surface area contributed by atoms with Crippen molar-refractivity contribution in [1.29, 1.82) is 0 Å². The molecule has 0 radical (unpaired) electrons. The zero-order valence-corrected chi connectivity index (χ0v) is 4.96. The van der Waals surface area contributed by atoms with Gasteiger partial charge < -0.3 is 11.1 Å². The van der Waals surface area contributed by atoms with Crippen LogP contribution in [0.3, 0.4) is 0 Å². The lowest BCUT2D eigenvalue weighted by atomic mass is 10.7. The van der Waals surface area contributed by atoms with Crippen LogP contribution in [0.1, 0.15) is 6.92 Å². The van der Waals surface area contributed by atoms with Crippen LogP contribution in [0.2, 0.25) is 0 Å². The second-order valence-corrected chi connectivity index (χ2v) is 1.45. The smallest absolute Gasteiger partial charge is 0.167 e. The number of allylic oxidation sites excluding steroid dienone is 1. The predicted molar refractivity (Wildman–Crippen MR) is 34.7 cm³/mol. The van der Waals surface area contributed by atoms with E-state index in [0.29, 0.717) is 5.11 Å². The van der Waals surface area contributed by atoms with Crippen LogP contribution in [0.4, 0.5) is 0 Å². The maximum atomic E-state index is 5.05. The van der Waals surface area contributed by atoms with Gasteiger partial charge in [0.15, 0.2) is 5.11 Å². The number of nitrogens with one attached hydrogen (secondary N) is 1. The average molecular weight is 116 g/mol. The molecule has 0 bridgehead atoms. The van der Waals surface area contributed by atoms with Crippen LogP contribution < -0.4 is 11.1 Å². The summed E-state index contributed by atoms with van der Waals surface area (Å²) in [5.74, 6) is 0. The molecule has 0 spiro atoms. The first-order valence-corrected chi connectivity index (χ1v) is 2.35. The van der Waals surface area contributed by atoms with E-state index in [1.165, 1.54) is 0 Å². The van der Waals surface area contributed by atoms with Crippen LogP contribution >= 0.6 is 12.2 Å². The molecule has 0 amide bonds. The Morgan fingerprint density at radius 2 is 2.43 bits per heavy atom. The molecule has 0 aliphatic heterocycles. The second-order valence-electron chi connectivity index (χ2n) is 1.01. The summed E-state index contributed by atoms with van der Waals surface area (Å²) in [4.78, 5) is 0.